The van der Waals surface area contributed by atoms with Crippen molar-refractivity contribution in [1.82, 2.24) is 5.32 Å². The van der Waals surface area contributed by atoms with Crippen LogP contribution in [0.1, 0.15) is 11.1 Å². The van der Waals surface area contributed by atoms with Gasteiger partial charge in [0.2, 0.25) is 5.91 Å². The number of nitro benzene ring substituents is 1. The average molecular weight is 330 g/mol. The highest BCUT2D eigenvalue weighted by molar-refractivity contribution is 7.99. The van der Waals surface area contributed by atoms with E-state index in [4.69, 9.17) is 0 Å². The van der Waals surface area contributed by atoms with Gasteiger partial charge in [-0.15, -0.1) is 11.8 Å². The summed E-state index contributed by atoms with van der Waals surface area (Å²) in [4.78, 5) is 23.5. The molecule has 0 atom stereocenters. The molecule has 0 unspecified atom stereocenters. The van der Waals surface area contributed by atoms with E-state index in [-0.39, 0.29) is 18.0 Å². The number of carbonyl (C=O) groups is 1. The van der Waals surface area contributed by atoms with Crippen LogP contribution in [-0.2, 0) is 11.2 Å². The second-order valence-electron chi connectivity index (χ2n) is 5.07. The van der Waals surface area contributed by atoms with Crippen molar-refractivity contribution in [2.75, 3.05) is 12.3 Å². The molecule has 1 amide bonds. The number of amides is 1. The summed E-state index contributed by atoms with van der Waals surface area (Å²) in [6.07, 6.45) is 0.0202. The Morgan fingerprint density at radius 1 is 1.17 bits per heavy atom. The third kappa shape index (κ3) is 5.41. The van der Waals surface area contributed by atoms with E-state index in [1.54, 1.807) is 30.0 Å². The minimum Gasteiger partial charge on any atom is -0.355 e. The van der Waals surface area contributed by atoms with Crippen LogP contribution in [0.2, 0.25) is 0 Å². The number of carbonyl (C=O) groups excluding carboxylic acids is 1. The van der Waals surface area contributed by atoms with Gasteiger partial charge in [0.25, 0.3) is 5.69 Å². The van der Waals surface area contributed by atoms with Crippen molar-refractivity contribution in [1.29, 1.82) is 0 Å². The summed E-state index contributed by atoms with van der Waals surface area (Å²) in [5, 5.41) is 13.7. The first-order chi connectivity index (χ1) is 11.1. The van der Waals surface area contributed by atoms with E-state index in [0.29, 0.717) is 12.1 Å². The lowest BCUT2D eigenvalue weighted by atomic mass is 10.1. The first-order valence-corrected chi connectivity index (χ1v) is 8.23. The second-order valence-corrected chi connectivity index (χ2v) is 6.24. The highest BCUT2D eigenvalue weighted by Crippen LogP contribution is 2.19. The van der Waals surface area contributed by atoms with Crippen LogP contribution in [-0.4, -0.2) is 23.1 Å². The van der Waals surface area contributed by atoms with Crippen LogP contribution in [0.4, 0.5) is 5.69 Å². The zero-order chi connectivity index (χ0) is 16.7. The number of hydrogen-bond donors (Lipinski definition) is 1. The lowest BCUT2D eigenvalue weighted by molar-refractivity contribution is -0.385. The van der Waals surface area contributed by atoms with Crippen LogP contribution in [0.15, 0.2) is 53.4 Å². The molecule has 0 radical (unpaired) electrons. The van der Waals surface area contributed by atoms with Crippen molar-refractivity contribution in [3.05, 3.63) is 69.8 Å². The molecule has 0 aliphatic carbocycles. The fraction of sp³-hybridized carbons (Fsp3) is 0.235. The Kier molecular flexibility index (Phi) is 6.17. The molecule has 0 aliphatic rings. The predicted octanol–water partition coefficient (Wildman–Crippen LogP) is 3.35. The number of thioether (sulfide) groups is 1. The Morgan fingerprint density at radius 3 is 2.57 bits per heavy atom. The van der Waals surface area contributed by atoms with E-state index >= 15 is 0 Å². The molecule has 5 nitrogen and oxygen atoms in total. The SMILES string of the molecule is Cc1ccc(SCCNC(=O)Cc2ccccc2[N+](=O)[O-])cc1. The van der Waals surface area contributed by atoms with Crippen LogP contribution in [0.25, 0.3) is 0 Å². The monoisotopic (exact) mass is 330 g/mol. The molecule has 2 aromatic rings. The van der Waals surface area contributed by atoms with Gasteiger partial charge in [-0.1, -0.05) is 35.9 Å². The largest absolute Gasteiger partial charge is 0.355 e. The summed E-state index contributed by atoms with van der Waals surface area (Å²) in [5.41, 5.74) is 1.63. The van der Waals surface area contributed by atoms with Crippen LogP contribution in [0, 0.1) is 17.0 Å². The summed E-state index contributed by atoms with van der Waals surface area (Å²) >= 11 is 1.66. The molecule has 0 saturated heterocycles. The normalized spacial score (nSPS) is 10.3. The maximum atomic E-state index is 11.9. The van der Waals surface area contributed by atoms with Gasteiger partial charge in [0.15, 0.2) is 0 Å². The lowest BCUT2D eigenvalue weighted by Crippen LogP contribution is -2.27. The topological polar surface area (TPSA) is 72.2 Å². The van der Waals surface area contributed by atoms with Crippen molar-refractivity contribution in [2.24, 2.45) is 0 Å². The molecule has 0 bridgehead atoms. The third-order valence-electron chi connectivity index (χ3n) is 3.25. The van der Waals surface area contributed by atoms with E-state index in [2.05, 4.69) is 29.6 Å². The second kappa shape index (κ2) is 8.33. The maximum absolute atomic E-state index is 11.9. The minimum absolute atomic E-state index is 0.0170. The zero-order valence-corrected chi connectivity index (χ0v) is 13.6. The molecule has 0 heterocycles. The van der Waals surface area contributed by atoms with Gasteiger partial charge in [0.1, 0.15) is 0 Å². The van der Waals surface area contributed by atoms with Crippen LogP contribution >= 0.6 is 11.8 Å². The van der Waals surface area contributed by atoms with E-state index in [9.17, 15) is 14.9 Å². The standard InChI is InChI=1S/C17H18N2O3S/c1-13-6-8-15(9-7-13)23-11-10-18-17(20)12-14-4-2-3-5-16(14)19(21)22/h2-9H,10-12H2,1H3,(H,18,20). The Balaban J connectivity index is 1.77. The average Bonchev–Trinajstić information content (AvgIpc) is 2.53. The maximum Gasteiger partial charge on any atom is 0.273 e. The van der Waals surface area contributed by atoms with Gasteiger partial charge in [-0.05, 0) is 19.1 Å². The molecule has 1 N–H and O–H groups in total. The molecule has 0 fully saturated rings. The molecule has 6 heteroatoms. The molecule has 0 saturated carbocycles. The number of nitro groups is 1. The van der Waals surface area contributed by atoms with Crippen molar-refractivity contribution in [3.8, 4) is 0 Å². The number of rotatable bonds is 7. The molecule has 0 spiro atoms. The number of nitrogens with zero attached hydrogens (tertiary/aromatic N) is 1. The van der Waals surface area contributed by atoms with Crippen LogP contribution < -0.4 is 5.32 Å². The Bertz CT molecular complexity index is 686. The summed E-state index contributed by atoms with van der Waals surface area (Å²) in [5.74, 6) is 0.551. The van der Waals surface area contributed by atoms with Crippen molar-refractivity contribution >= 4 is 23.4 Å². The Morgan fingerprint density at radius 2 is 1.87 bits per heavy atom. The first-order valence-electron chi connectivity index (χ1n) is 7.25. The fourth-order valence-corrected chi connectivity index (χ4v) is 2.84. The number of nitrogens with one attached hydrogen (secondary N) is 1. The summed E-state index contributed by atoms with van der Waals surface area (Å²) in [7, 11) is 0. The van der Waals surface area contributed by atoms with Crippen molar-refractivity contribution in [2.45, 2.75) is 18.2 Å². The zero-order valence-electron chi connectivity index (χ0n) is 12.8. The third-order valence-corrected chi connectivity index (χ3v) is 4.27. The number of aryl methyl sites for hydroxylation is 1. The van der Waals surface area contributed by atoms with E-state index in [1.165, 1.54) is 11.6 Å². The number of benzene rings is 2. The quantitative estimate of drug-likeness (QED) is 0.366. The molecular weight excluding hydrogens is 312 g/mol. The van der Waals surface area contributed by atoms with Gasteiger partial charge < -0.3 is 5.32 Å². The first kappa shape index (κ1) is 17.0. The lowest BCUT2D eigenvalue weighted by Gasteiger charge is -2.06. The van der Waals surface area contributed by atoms with Gasteiger partial charge in [-0.2, -0.15) is 0 Å². The number of para-hydroxylation sites is 1. The molecule has 23 heavy (non-hydrogen) atoms. The smallest absolute Gasteiger partial charge is 0.273 e. The molecular formula is C17H18N2O3S. The van der Waals surface area contributed by atoms with E-state index in [0.717, 1.165) is 10.6 Å². The minimum atomic E-state index is -0.462. The summed E-state index contributed by atoms with van der Waals surface area (Å²) < 4.78 is 0. The van der Waals surface area contributed by atoms with E-state index in [1.807, 2.05) is 6.92 Å². The Labute approximate surface area is 139 Å². The predicted molar refractivity (Wildman–Crippen MR) is 91.7 cm³/mol. The number of hydrogen-bond acceptors (Lipinski definition) is 4. The summed E-state index contributed by atoms with van der Waals surface area (Å²) in [6.45, 7) is 2.56. The van der Waals surface area contributed by atoms with Gasteiger partial charge in [0.05, 0.1) is 11.3 Å². The van der Waals surface area contributed by atoms with Gasteiger partial charge in [-0.3, -0.25) is 14.9 Å². The molecule has 120 valence electrons. The fourth-order valence-electron chi connectivity index (χ4n) is 2.07. The van der Waals surface area contributed by atoms with Gasteiger partial charge >= 0.3 is 0 Å². The van der Waals surface area contributed by atoms with Crippen molar-refractivity contribution in [3.63, 3.8) is 0 Å². The van der Waals surface area contributed by atoms with Crippen molar-refractivity contribution < 1.29 is 9.72 Å². The van der Waals surface area contributed by atoms with Crippen LogP contribution in [0.5, 0.6) is 0 Å². The highest BCUT2D eigenvalue weighted by atomic mass is 32.2. The molecule has 2 rings (SSSR count). The van der Waals surface area contributed by atoms with E-state index < -0.39 is 4.92 Å². The molecule has 2 aromatic carbocycles. The molecule has 0 aliphatic heterocycles. The molecule has 0 aromatic heterocycles. The van der Waals surface area contributed by atoms with Crippen LogP contribution in [0.3, 0.4) is 0 Å². The van der Waals surface area contributed by atoms with Gasteiger partial charge in [0, 0.05) is 28.8 Å². The van der Waals surface area contributed by atoms with Gasteiger partial charge in [-0.25, -0.2) is 0 Å². The highest BCUT2D eigenvalue weighted by Gasteiger charge is 2.14. The summed E-state index contributed by atoms with van der Waals surface area (Å²) in [6, 6.07) is 14.5. The Hall–Kier alpha value is -2.34.